The van der Waals surface area contributed by atoms with Gasteiger partial charge in [-0.25, -0.2) is 0 Å². The zero-order valence-electron chi connectivity index (χ0n) is 18.7. The fourth-order valence-electron chi connectivity index (χ4n) is 3.48. The van der Waals surface area contributed by atoms with Crippen LogP contribution in [0.5, 0.6) is 0 Å². The van der Waals surface area contributed by atoms with Gasteiger partial charge in [-0.1, -0.05) is 26.7 Å². The molecule has 1 rings (SSSR count). The molecular weight excluding hydrogens is 467 g/mol. The summed E-state index contributed by atoms with van der Waals surface area (Å²) in [7, 11) is 1.70. The first-order valence-electron chi connectivity index (χ1n) is 11.0. The number of nitrogens with one attached hydrogen (secondary N) is 2. The number of ether oxygens (including phenoxy) is 2. The molecule has 0 aliphatic carbocycles. The first-order valence-corrected chi connectivity index (χ1v) is 11.0. The van der Waals surface area contributed by atoms with Gasteiger partial charge in [0.15, 0.2) is 5.96 Å². The number of hydrogen-bond acceptors (Lipinski definition) is 4. The molecule has 0 amide bonds. The van der Waals surface area contributed by atoms with E-state index in [4.69, 9.17) is 14.5 Å². The summed E-state index contributed by atoms with van der Waals surface area (Å²) in [5, 5.41) is 6.86. The molecule has 1 unspecified atom stereocenters. The summed E-state index contributed by atoms with van der Waals surface area (Å²) in [6.07, 6.45) is 7.55. The quantitative estimate of drug-likeness (QED) is 0.171. The van der Waals surface area contributed by atoms with Gasteiger partial charge in [-0.05, 0) is 51.6 Å². The molecule has 1 heterocycles. The fraction of sp³-hybridized carbons (Fsp3) is 0.952. The largest absolute Gasteiger partial charge is 0.382 e. The van der Waals surface area contributed by atoms with E-state index in [-0.39, 0.29) is 24.0 Å². The first-order chi connectivity index (χ1) is 13.2. The van der Waals surface area contributed by atoms with E-state index in [9.17, 15) is 0 Å². The van der Waals surface area contributed by atoms with Crippen LogP contribution >= 0.6 is 24.0 Å². The Morgan fingerprint density at radius 3 is 2.32 bits per heavy atom. The van der Waals surface area contributed by atoms with Gasteiger partial charge in [-0.15, -0.1) is 24.0 Å². The lowest BCUT2D eigenvalue weighted by Gasteiger charge is -2.32. The number of nitrogens with zero attached hydrogens (tertiary/aromatic N) is 2. The average Bonchev–Trinajstić information content (AvgIpc) is 2.93. The molecule has 168 valence electrons. The Labute approximate surface area is 190 Å². The van der Waals surface area contributed by atoms with Crippen molar-refractivity contribution in [1.82, 2.24) is 15.5 Å². The summed E-state index contributed by atoms with van der Waals surface area (Å²) in [6, 6.07) is 0.535. The van der Waals surface area contributed by atoms with Crippen molar-refractivity contribution in [1.29, 1.82) is 0 Å². The minimum atomic E-state index is 0. The molecule has 0 bridgehead atoms. The summed E-state index contributed by atoms with van der Waals surface area (Å²) in [6.45, 7) is 14.1. The normalized spacial score (nSPS) is 17.1. The van der Waals surface area contributed by atoms with Crippen LogP contribution in [-0.4, -0.2) is 76.6 Å². The average molecular weight is 513 g/mol. The topological polar surface area (TPSA) is 58.1 Å². The number of halogens is 1. The van der Waals surface area contributed by atoms with E-state index in [2.05, 4.69) is 36.3 Å². The van der Waals surface area contributed by atoms with E-state index in [0.717, 1.165) is 45.0 Å². The predicted octanol–water partition coefficient (Wildman–Crippen LogP) is 3.50. The summed E-state index contributed by atoms with van der Waals surface area (Å²) in [5.74, 6) is 1.57. The molecule has 6 nitrogen and oxygen atoms in total. The second kappa shape index (κ2) is 18.9. The number of guanidine groups is 1. The van der Waals surface area contributed by atoms with E-state index >= 15 is 0 Å². The molecule has 0 spiro atoms. The van der Waals surface area contributed by atoms with Gasteiger partial charge in [0, 0.05) is 32.8 Å². The zero-order chi connectivity index (χ0) is 19.7. The fourth-order valence-corrected chi connectivity index (χ4v) is 3.48. The van der Waals surface area contributed by atoms with E-state index < -0.39 is 0 Å². The van der Waals surface area contributed by atoms with Crippen molar-refractivity contribution >= 4 is 29.9 Å². The lowest BCUT2D eigenvalue weighted by Crippen LogP contribution is -2.44. The Balaban J connectivity index is 0.00000729. The molecule has 1 fully saturated rings. The highest BCUT2D eigenvalue weighted by atomic mass is 127. The smallest absolute Gasteiger partial charge is 0.191 e. The van der Waals surface area contributed by atoms with Gasteiger partial charge in [-0.2, -0.15) is 0 Å². The highest BCUT2D eigenvalue weighted by Gasteiger charge is 2.22. The Morgan fingerprint density at radius 1 is 1.00 bits per heavy atom. The molecule has 28 heavy (non-hydrogen) atoms. The maximum atomic E-state index is 5.51. The van der Waals surface area contributed by atoms with Crippen LogP contribution in [0.25, 0.3) is 0 Å². The molecular formula is C21H45IN4O2. The molecule has 0 radical (unpaired) electrons. The number of hydrogen-bond donors (Lipinski definition) is 2. The van der Waals surface area contributed by atoms with Crippen molar-refractivity contribution < 1.29 is 9.47 Å². The van der Waals surface area contributed by atoms with Gasteiger partial charge >= 0.3 is 0 Å². The number of likely N-dealkylation sites (tertiary alicyclic amines) is 1. The molecule has 0 aromatic heterocycles. The molecule has 1 aliphatic rings. The van der Waals surface area contributed by atoms with E-state index in [1.54, 1.807) is 7.11 Å². The minimum absolute atomic E-state index is 0. The number of unbranched alkanes of at least 4 members (excludes halogenated alkanes) is 1. The Kier molecular flexibility index (Phi) is 18.8. The third kappa shape index (κ3) is 13.2. The molecule has 0 aromatic rings. The van der Waals surface area contributed by atoms with Crippen LogP contribution in [0.4, 0.5) is 0 Å². The monoisotopic (exact) mass is 512 g/mol. The van der Waals surface area contributed by atoms with Crippen LogP contribution in [0.2, 0.25) is 0 Å². The third-order valence-electron chi connectivity index (χ3n) is 5.10. The summed E-state index contributed by atoms with van der Waals surface area (Å²) >= 11 is 0. The Bertz CT molecular complexity index is 375. The van der Waals surface area contributed by atoms with Crippen LogP contribution in [0, 0.1) is 5.92 Å². The number of rotatable bonds is 13. The van der Waals surface area contributed by atoms with Gasteiger partial charge < -0.3 is 20.1 Å². The van der Waals surface area contributed by atoms with Crippen LogP contribution in [0.15, 0.2) is 4.99 Å². The Morgan fingerprint density at radius 2 is 1.71 bits per heavy atom. The van der Waals surface area contributed by atoms with Crippen molar-refractivity contribution in [2.24, 2.45) is 10.9 Å². The standard InChI is InChI=1S/C21H44N4O2.HI/c1-5-22-21(23-12-8-11-15-27-17-16-26-4)24-18-20(19(2)3)25-13-9-6-7-10-14-25;/h19-20H,5-18H2,1-4H3,(H2,22,23,24);1H. The van der Waals surface area contributed by atoms with Crippen molar-refractivity contribution in [3.8, 4) is 0 Å². The summed E-state index contributed by atoms with van der Waals surface area (Å²) in [4.78, 5) is 7.57. The number of methoxy groups -OCH3 is 1. The van der Waals surface area contributed by atoms with Gasteiger partial charge in [0.25, 0.3) is 0 Å². The van der Waals surface area contributed by atoms with Crippen LogP contribution in [-0.2, 0) is 9.47 Å². The third-order valence-corrected chi connectivity index (χ3v) is 5.10. The minimum Gasteiger partial charge on any atom is -0.382 e. The molecule has 1 aliphatic heterocycles. The molecule has 1 saturated heterocycles. The summed E-state index contributed by atoms with van der Waals surface area (Å²) < 4.78 is 10.5. The Hall–Kier alpha value is -0.120. The molecule has 1 atom stereocenters. The van der Waals surface area contributed by atoms with Crippen molar-refractivity contribution in [2.45, 2.75) is 65.3 Å². The first kappa shape index (κ1) is 27.9. The van der Waals surface area contributed by atoms with Crippen LogP contribution < -0.4 is 10.6 Å². The zero-order valence-corrected chi connectivity index (χ0v) is 21.0. The van der Waals surface area contributed by atoms with E-state index in [1.807, 2.05) is 0 Å². The van der Waals surface area contributed by atoms with Crippen molar-refractivity contribution in [2.75, 3.05) is 59.7 Å². The molecule has 2 N–H and O–H groups in total. The maximum Gasteiger partial charge on any atom is 0.191 e. The lowest BCUT2D eigenvalue weighted by molar-refractivity contribution is 0.0689. The second-order valence-corrected chi connectivity index (χ2v) is 7.72. The molecule has 0 aromatic carbocycles. The van der Waals surface area contributed by atoms with Crippen LogP contribution in [0.3, 0.4) is 0 Å². The van der Waals surface area contributed by atoms with Crippen LogP contribution in [0.1, 0.15) is 59.3 Å². The lowest BCUT2D eigenvalue weighted by atomic mass is 10.0. The maximum absolute atomic E-state index is 5.51. The SMILES string of the molecule is CCNC(=NCC(C(C)C)N1CCCCCC1)NCCCCOCCOC.I. The van der Waals surface area contributed by atoms with Crippen molar-refractivity contribution in [3.05, 3.63) is 0 Å². The molecule has 7 heteroatoms. The number of aliphatic imine (C=N–C) groups is 1. The highest BCUT2D eigenvalue weighted by Crippen LogP contribution is 2.17. The van der Waals surface area contributed by atoms with Gasteiger partial charge in [0.05, 0.1) is 19.8 Å². The van der Waals surface area contributed by atoms with Gasteiger partial charge in [0.1, 0.15) is 0 Å². The van der Waals surface area contributed by atoms with Gasteiger partial charge in [-0.3, -0.25) is 9.89 Å². The van der Waals surface area contributed by atoms with Crippen molar-refractivity contribution in [3.63, 3.8) is 0 Å². The predicted molar refractivity (Wildman–Crippen MR) is 130 cm³/mol. The summed E-state index contributed by atoms with van der Waals surface area (Å²) in [5.41, 5.74) is 0. The highest BCUT2D eigenvalue weighted by molar-refractivity contribution is 14.0. The second-order valence-electron chi connectivity index (χ2n) is 7.72. The van der Waals surface area contributed by atoms with E-state index in [0.29, 0.717) is 25.2 Å². The van der Waals surface area contributed by atoms with Gasteiger partial charge in [0.2, 0.25) is 0 Å². The van der Waals surface area contributed by atoms with E-state index in [1.165, 1.54) is 38.8 Å². The molecule has 0 saturated carbocycles.